The molecule has 0 spiro atoms. The highest BCUT2D eigenvalue weighted by Crippen LogP contribution is 2.58. The number of rotatable bonds is 10. The number of nitrogens with two attached hydrogens (primary N) is 4. The molecule has 0 aromatic rings. The van der Waals surface area contributed by atoms with Crippen molar-refractivity contribution in [3.63, 3.8) is 0 Å². The van der Waals surface area contributed by atoms with E-state index >= 15 is 0 Å². The van der Waals surface area contributed by atoms with E-state index in [1.807, 2.05) is 0 Å². The zero-order chi connectivity index (χ0) is 25.3. The zero-order valence-electron chi connectivity index (χ0n) is 22.9. The summed E-state index contributed by atoms with van der Waals surface area (Å²) in [7, 11) is 0. The highest BCUT2D eigenvalue weighted by Gasteiger charge is 2.60. The molecule has 0 bridgehead atoms. The van der Waals surface area contributed by atoms with Gasteiger partial charge in [-0.05, 0) is 63.5 Å². The lowest BCUT2D eigenvalue weighted by Gasteiger charge is -2.59. The summed E-state index contributed by atoms with van der Waals surface area (Å²) in [6.45, 7) is 17.6. The quantitative estimate of drug-likeness (QED) is 0.296. The van der Waals surface area contributed by atoms with Crippen LogP contribution in [0.2, 0.25) is 0 Å². The van der Waals surface area contributed by atoms with Gasteiger partial charge in [-0.3, -0.25) is 0 Å². The van der Waals surface area contributed by atoms with Gasteiger partial charge in [0.1, 0.15) is 11.5 Å². The monoisotopic (exact) mass is 462 g/mol. The van der Waals surface area contributed by atoms with Crippen molar-refractivity contribution in [2.45, 2.75) is 131 Å². The standard InChI is InChI=1S/C28H54N4O/c1-9-23(10-2)17-21(18-24(11-3,12-4)27(23,29)30)33-22-19-25(13-5,14-6)28(31,32)26(15-7,16-8)20-22/h17,19H,9-16,18,20,29-32H2,1-8H3. The van der Waals surface area contributed by atoms with Gasteiger partial charge in [-0.15, -0.1) is 0 Å². The first-order chi connectivity index (χ1) is 15.3. The molecule has 0 aliphatic heterocycles. The van der Waals surface area contributed by atoms with Crippen molar-refractivity contribution < 1.29 is 4.74 Å². The van der Waals surface area contributed by atoms with E-state index in [-0.39, 0.29) is 21.7 Å². The Morgan fingerprint density at radius 3 is 1.03 bits per heavy atom. The third-order valence-electron chi connectivity index (χ3n) is 10.8. The Morgan fingerprint density at radius 2 is 0.818 bits per heavy atom. The summed E-state index contributed by atoms with van der Waals surface area (Å²) in [6, 6.07) is 0. The number of hydrogen-bond donors (Lipinski definition) is 4. The van der Waals surface area contributed by atoms with E-state index in [1.54, 1.807) is 0 Å². The Morgan fingerprint density at radius 1 is 0.545 bits per heavy atom. The van der Waals surface area contributed by atoms with Crippen LogP contribution in [0.1, 0.15) is 120 Å². The summed E-state index contributed by atoms with van der Waals surface area (Å²) < 4.78 is 6.85. The molecule has 5 heteroatoms. The van der Waals surface area contributed by atoms with Gasteiger partial charge in [-0.25, -0.2) is 0 Å². The molecular weight excluding hydrogens is 408 g/mol. The molecule has 0 amide bonds. The predicted octanol–water partition coefficient (Wildman–Crippen LogP) is 6.03. The summed E-state index contributed by atoms with van der Waals surface area (Å²) in [4.78, 5) is 0. The van der Waals surface area contributed by atoms with Crippen molar-refractivity contribution in [2.24, 2.45) is 44.6 Å². The van der Waals surface area contributed by atoms with Gasteiger partial charge in [-0.1, -0.05) is 55.4 Å². The summed E-state index contributed by atoms with van der Waals surface area (Å²) >= 11 is 0. The topological polar surface area (TPSA) is 113 Å². The number of hydrogen-bond acceptors (Lipinski definition) is 5. The maximum atomic E-state index is 7.01. The van der Waals surface area contributed by atoms with Gasteiger partial charge in [0.25, 0.3) is 0 Å². The van der Waals surface area contributed by atoms with Crippen LogP contribution in [0.25, 0.3) is 0 Å². The third kappa shape index (κ3) is 3.82. The average Bonchev–Trinajstić information content (AvgIpc) is 2.80. The molecule has 0 radical (unpaired) electrons. The van der Waals surface area contributed by atoms with Crippen LogP contribution < -0.4 is 22.9 Å². The summed E-state index contributed by atoms with van der Waals surface area (Å²) in [5.74, 6) is 2.04. The van der Waals surface area contributed by atoms with Crippen LogP contribution in [-0.2, 0) is 4.74 Å². The van der Waals surface area contributed by atoms with Gasteiger partial charge < -0.3 is 27.7 Å². The van der Waals surface area contributed by atoms with Gasteiger partial charge in [0.05, 0.1) is 11.3 Å². The fourth-order valence-corrected chi connectivity index (χ4v) is 7.52. The van der Waals surface area contributed by atoms with Crippen molar-refractivity contribution in [3.8, 4) is 0 Å². The molecule has 2 aliphatic rings. The van der Waals surface area contributed by atoms with E-state index in [9.17, 15) is 0 Å². The second kappa shape index (κ2) is 9.64. The van der Waals surface area contributed by atoms with Crippen molar-refractivity contribution >= 4 is 0 Å². The van der Waals surface area contributed by atoms with Crippen LogP contribution in [0.15, 0.2) is 23.7 Å². The highest BCUT2D eigenvalue weighted by atomic mass is 16.5. The molecule has 5 nitrogen and oxygen atoms in total. The molecule has 0 heterocycles. The van der Waals surface area contributed by atoms with Crippen LogP contribution in [-0.4, -0.2) is 11.3 Å². The molecule has 0 saturated carbocycles. The summed E-state index contributed by atoms with van der Waals surface area (Å²) in [5, 5.41) is 0. The Bertz CT molecular complexity index is 671. The van der Waals surface area contributed by atoms with Crippen LogP contribution in [0.4, 0.5) is 0 Å². The second-order valence-corrected chi connectivity index (χ2v) is 11.1. The third-order valence-corrected chi connectivity index (χ3v) is 10.8. The fourth-order valence-electron chi connectivity index (χ4n) is 7.52. The van der Waals surface area contributed by atoms with Gasteiger partial charge in [0.2, 0.25) is 0 Å². The lowest BCUT2D eigenvalue weighted by Crippen LogP contribution is -2.73. The summed E-state index contributed by atoms with van der Waals surface area (Å²) in [5.41, 5.74) is 25.5. The maximum Gasteiger partial charge on any atom is 0.101 e. The van der Waals surface area contributed by atoms with E-state index in [0.717, 1.165) is 75.7 Å². The molecule has 0 unspecified atom stereocenters. The minimum atomic E-state index is -0.780. The van der Waals surface area contributed by atoms with E-state index in [0.29, 0.717) is 0 Å². The lowest BCUT2D eigenvalue weighted by molar-refractivity contribution is -0.0371. The smallest absolute Gasteiger partial charge is 0.101 e. The molecule has 0 atom stereocenters. The van der Waals surface area contributed by atoms with Gasteiger partial charge in [-0.2, -0.15) is 0 Å². The van der Waals surface area contributed by atoms with Gasteiger partial charge in [0, 0.05) is 34.5 Å². The molecule has 0 fully saturated rings. The predicted molar refractivity (Wildman–Crippen MR) is 141 cm³/mol. The minimum absolute atomic E-state index is 0.205. The van der Waals surface area contributed by atoms with E-state index in [4.69, 9.17) is 27.7 Å². The van der Waals surface area contributed by atoms with E-state index in [1.165, 1.54) is 0 Å². The van der Waals surface area contributed by atoms with Crippen LogP contribution in [0.3, 0.4) is 0 Å². The molecule has 0 aromatic heterocycles. The summed E-state index contributed by atoms with van der Waals surface area (Å²) in [6.07, 6.45) is 13.3. The van der Waals surface area contributed by atoms with E-state index < -0.39 is 11.3 Å². The Balaban J connectivity index is 2.64. The maximum absolute atomic E-state index is 7.01. The van der Waals surface area contributed by atoms with E-state index in [2.05, 4.69) is 67.5 Å². The molecule has 0 aromatic carbocycles. The Labute approximate surface area is 204 Å². The molecule has 8 N–H and O–H groups in total. The first-order valence-corrected chi connectivity index (χ1v) is 13.6. The second-order valence-electron chi connectivity index (χ2n) is 11.1. The number of allylic oxidation sites excluding steroid dienone is 2. The first-order valence-electron chi connectivity index (χ1n) is 13.6. The largest absolute Gasteiger partial charge is 0.467 e. The molecule has 2 aliphatic carbocycles. The molecule has 33 heavy (non-hydrogen) atoms. The number of ether oxygens (including phenoxy) is 1. The first kappa shape index (κ1) is 28.4. The van der Waals surface area contributed by atoms with Crippen molar-refractivity contribution in [1.82, 2.24) is 0 Å². The fraction of sp³-hybridized carbons (Fsp3) is 0.857. The van der Waals surface area contributed by atoms with Crippen LogP contribution in [0.5, 0.6) is 0 Å². The Kier molecular flexibility index (Phi) is 8.28. The Hall–Kier alpha value is -0.880. The van der Waals surface area contributed by atoms with Crippen molar-refractivity contribution in [3.05, 3.63) is 23.7 Å². The van der Waals surface area contributed by atoms with Crippen LogP contribution in [0, 0.1) is 21.7 Å². The normalized spacial score (nSPS) is 26.3. The molecule has 192 valence electrons. The van der Waals surface area contributed by atoms with Crippen LogP contribution >= 0.6 is 0 Å². The van der Waals surface area contributed by atoms with Gasteiger partial charge in [0.15, 0.2) is 0 Å². The van der Waals surface area contributed by atoms with Crippen molar-refractivity contribution in [1.29, 1.82) is 0 Å². The highest BCUT2D eigenvalue weighted by molar-refractivity contribution is 5.29. The average molecular weight is 463 g/mol. The SMILES string of the molecule is CCC1(CC)C=C(OC2=CC(CC)(CC)C(N)(N)C(CC)(CC)C2)CC(CC)(CC)C1(N)N. The lowest BCUT2D eigenvalue weighted by atomic mass is 9.52. The van der Waals surface area contributed by atoms with Gasteiger partial charge >= 0.3 is 0 Å². The molecule has 0 saturated heterocycles. The minimum Gasteiger partial charge on any atom is -0.467 e. The molecular formula is C28H54N4O. The zero-order valence-corrected chi connectivity index (χ0v) is 22.9. The molecule has 2 rings (SSSR count). The van der Waals surface area contributed by atoms with Crippen molar-refractivity contribution in [2.75, 3.05) is 0 Å².